The molecule has 1 aliphatic rings. The van der Waals surface area contributed by atoms with Gasteiger partial charge in [0.05, 0.1) is 0 Å². The van der Waals surface area contributed by atoms with Crippen LogP contribution in [0.1, 0.15) is 21.5 Å². The van der Waals surface area contributed by atoms with Crippen LogP contribution in [0.3, 0.4) is 0 Å². The van der Waals surface area contributed by atoms with Gasteiger partial charge < -0.3 is 5.11 Å². The molecule has 0 radical (unpaired) electrons. The smallest absolute Gasteiger partial charge is 0.271 e. The molecule has 0 aromatic heterocycles. The lowest BCUT2D eigenvalue weighted by Crippen LogP contribution is -2.19. The minimum Gasteiger partial charge on any atom is -0.508 e. The Kier molecular flexibility index (Phi) is 3.21. The van der Waals surface area contributed by atoms with E-state index in [-0.39, 0.29) is 11.7 Å². The van der Waals surface area contributed by atoms with Crippen molar-refractivity contribution in [1.29, 1.82) is 0 Å². The topological polar surface area (TPSA) is 61.7 Å². The molecule has 2 N–H and O–H groups in total. The number of nitrogens with zero attached hydrogens (tertiary/aromatic N) is 1. The van der Waals surface area contributed by atoms with Gasteiger partial charge in [0.25, 0.3) is 5.91 Å². The molecule has 2 aromatic rings. The molecule has 4 heteroatoms. The Morgan fingerprint density at radius 2 is 1.60 bits per heavy atom. The highest BCUT2D eigenvalue weighted by Crippen LogP contribution is 2.19. The zero-order valence-corrected chi connectivity index (χ0v) is 10.8. The summed E-state index contributed by atoms with van der Waals surface area (Å²) >= 11 is 0. The Morgan fingerprint density at radius 3 is 2.20 bits per heavy atom. The van der Waals surface area contributed by atoms with Crippen LogP contribution in [-0.2, 0) is 12.8 Å². The summed E-state index contributed by atoms with van der Waals surface area (Å²) in [6.07, 6.45) is 1.57. The fourth-order valence-corrected chi connectivity index (χ4v) is 2.29. The molecule has 0 saturated carbocycles. The molecule has 0 atom stereocenters. The average molecular weight is 266 g/mol. The minimum absolute atomic E-state index is 0.138. The van der Waals surface area contributed by atoms with Crippen molar-refractivity contribution in [3.8, 4) is 5.75 Å². The van der Waals surface area contributed by atoms with Crippen molar-refractivity contribution in [2.24, 2.45) is 5.10 Å². The number of nitrogens with one attached hydrogen (secondary N) is 1. The molecule has 1 amide bonds. The van der Waals surface area contributed by atoms with E-state index in [0.717, 1.165) is 18.6 Å². The summed E-state index contributed by atoms with van der Waals surface area (Å²) in [7, 11) is 0. The van der Waals surface area contributed by atoms with E-state index in [4.69, 9.17) is 0 Å². The number of carbonyl (C=O) groups is 1. The van der Waals surface area contributed by atoms with Crippen molar-refractivity contribution in [2.45, 2.75) is 12.8 Å². The van der Waals surface area contributed by atoms with Gasteiger partial charge in [-0.25, -0.2) is 5.43 Å². The zero-order chi connectivity index (χ0) is 13.9. The van der Waals surface area contributed by atoms with E-state index in [2.05, 4.69) is 22.7 Å². The number of benzene rings is 2. The maximum Gasteiger partial charge on any atom is 0.271 e. The maximum absolute atomic E-state index is 11.9. The number of rotatable bonds is 2. The second-order valence-corrected chi connectivity index (χ2v) is 4.79. The van der Waals surface area contributed by atoms with Crippen molar-refractivity contribution >= 4 is 11.6 Å². The molecular formula is C16H14N2O2. The highest BCUT2D eigenvalue weighted by Gasteiger charge is 2.16. The Labute approximate surface area is 116 Å². The van der Waals surface area contributed by atoms with E-state index >= 15 is 0 Å². The fraction of sp³-hybridized carbons (Fsp3) is 0.125. The molecule has 1 aliphatic carbocycles. The van der Waals surface area contributed by atoms with Crippen LogP contribution in [0.15, 0.2) is 53.6 Å². The van der Waals surface area contributed by atoms with E-state index in [0.29, 0.717) is 5.56 Å². The number of fused-ring (bicyclic) bond motifs is 1. The first-order chi connectivity index (χ1) is 9.72. The first-order valence-corrected chi connectivity index (χ1v) is 6.44. The molecule has 4 nitrogen and oxygen atoms in total. The van der Waals surface area contributed by atoms with Crippen LogP contribution in [0.4, 0.5) is 0 Å². The number of carbonyl (C=O) groups excluding carboxylic acids is 1. The van der Waals surface area contributed by atoms with Crippen molar-refractivity contribution in [3.63, 3.8) is 0 Å². The standard InChI is InChI=1S/C16H14N2O2/c19-15-7-5-11(6-8-15)16(20)18-17-14-9-12-3-1-2-4-13(12)10-14/h1-8,19H,9-10H2,(H,18,20). The van der Waals surface area contributed by atoms with Gasteiger partial charge in [0, 0.05) is 24.1 Å². The van der Waals surface area contributed by atoms with Crippen LogP contribution in [-0.4, -0.2) is 16.7 Å². The summed E-state index contributed by atoms with van der Waals surface area (Å²) in [5.41, 5.74) is 6.53. The lowest BCUT2D eigenvalue weighted by Gasteiger charge is -2.01. The van der Waals surface area contributed by atoms with Crippen molar-refractivity contribution in [3.05, 3.63) is 65.2 Å². The SMILES string of the molecule is O=C(NN=C1Cc2ccccc2C1)c1ccc(O)cc1. The lowest BCUT2D eigenvalue weighted by molar-refractivity contribution is 0.0954. The maximum atomic E-state index is 11.9. The molecule has 0 unspecified atom stereocenters. The molecular weight excluding hydrogens is 252 g/mol. The Morgan fingerprint density at radius 1 is 1.00 bits per heavy atom. The number of amides is 1. The highest BCUT2D eigenvalue weighted by molar-refractivity contribution is 5.97. The van der Waals surface area contributed by atoms with E-state index in [1.165, 1.54) is 23.3 Å². The van der Waals surface area contributed by atoms with Gasteiger partial charge in [-0.3, -0.25) is 4.79 Å². The van der Waals surface area contributed by atoms with Crippen molar-refractivity contribution in [2.75, 3.05) is 0 Å². The van der Waals surface area contributed by atoms with E-state index in [9.17, 15) is 9.90 Å². The first kappa shape index (κ1) is 12.4. The van der Waals surface area contributed by atoms with Crippen LogP contribution in [0, 0.1) is 0 Å². The average Bonchev–Trinajstić information content (AvgIpc) is 2.88. The number of phenolic OH excluding ortho intramolecular Hbond substituents is 1. The number of phenols is 1. The van der Waals surface area contributed by atoms with Crippen LogP contribution in [0.2, 0.25) is 0 Å². The lowest BCUT2D eigenvalue weighted by atomic mass is 10.1. The molecule has 2 aromatic carbocycles. The molecule has 3 rings (SSSR count). The Balaban J connectivity index is 1.67. The summed E-state index contributed by atoms with van der Waals surface area (Å²) in [5, 5.41) is 13.4. The third kappa shape index (κ3) is 2.54. The highest BCUT2D eigenvalue weighted by atomic mass is 16.3. The van der Waals surface area contributed by atoms with E-state index in [1.54, 1.807) is 12.1 Å². The zero-order valence-electron chi connectivity index (χ0n) is 10.8. The molecule has 0 bridgehead atoms. The van der Waals surface area contributed by atoms with Crippen molar-refractivity contribution < 1.29 is 9.90 Å². The molecule has 20 heavy (non-hydrogen) atoms. The second-order valence-electron chi connectivity index (χ2n) is 4.79. The number of aromatic hydroxyl groups is 1. The molecule has 0 saturated heterocycles. The molecule has 0 fully saturated rings. The first-order valence-electron chi connectivity index (χ1n) is 6.44. The van der Waals surface area contributed by atoms with Gasteiger partial charge in [0.15, 0.2) is 0 Å². The predicted molar refractivity (Wildman–Crippen MR) is 76.9 cm³/mol. The van der Waals surface area contributed by atoms with Gasteiger partial charge in [-0.15, -0.1) is 0 Å². The van der Waals surface area contributed by atoms with Gasteiger partial charge in [-0.1, -0.05) is 24.3 Å². The molecule has 0 aliphatic heterocycles. The molecule has 0 heterocycles. The van der Waals surface area contributed by atoms with E-state index in [1.807, 2.05) is 12.1 Å². The van der Waals surface area contributed by atoms with Gasteiger partial charge in [0.1, 0.15) is 5.75 Å². The number of hydrogen-bond donors (Lipinski definition) is 2. The molecule has 0 spiro atoms. The predicted octanol–water partition coefficient (Wildman–Crippen LogP) is 2.28. The van der Waals surface area contributed by atoms with Crippen LogP contribution in [0.25, 0.3) is 0 Å². The summed E-state index contributed by atoms with van der Waals surface area (Å²) in [5.74, 6) is -0.132. The fourth-order valence-electron chi connectivity index (χ4n) is 2.29. The van der Waals surface area contributed by atoms with Crippen molar-refractivity contribution in [1.82, 2.24) is 5.43 Å². The third-order valence-corrected chi connectivity index (χ3v) is 3.35. The Bertz CT molecular complexity index is 648. The minimum atomic E-state index is -0.270. The summed E-state index contributed by atoms with van der Waals surface area (Å²) in [4.78, 5) is 11.9. The van der Waals surface area contributed by atoms with Gasteiger partial charge in [-0.05, 0) is 35.4 Å². The largest absolute Gasteiger partial charge is 0.508 e. The molecule has 100 valence electrons. The monoisotopic (exact) mass is 266 g/mol. The summed E-state index contributed by atoms with van der Waals surface area (Å²) < 4.78 is 0. The summed E-state index contributed by atoms with van der Waals surface area (Å²) in [6.45, 7) is 0. The number of hydrogen-bond acceptors (Lipinski definition) is 3. The van der Waals surface area contributed by atoms with Gasteiger partial charge >= 0.3 is 0 Å². The quantitative estimate of drug-likeness (QED) is 0.819. The summed E-state index contributed by atoms with van der Waals surface area (Å²) in [6, 6.07) is 14.3. The number of hydrazone groups is 1. The Hall–Kier alpha value is -2.62. The second kappa shape index (κ2) is 5.17. The van der Waals surface area contributed by atoms with E-state index < -0.39 is 0 Å². The van der Waals surface area contributed by atoms with Crippen LogP contribution >= 0.6 is 0 Å². The van der Waals surface area contributed by atoms with Gasteiger partial charge in [-0.2, -0.15) is 5.10 Å². The van der Waals surface area contributed by atoms with Gasteiger partial charge in [0.2, 0.25) is 0 Å². The van der Waals surface area contributed by atoms with Crippen LogP contribution in [0.5, 0.6) is 5.75 Å². The third-order valence-electron chi connectivity index (χ3n) is 3.35. The van der Waals surface area contributed by atoms with Crippen LogP contribution < -0.4 is 5.43 Å². The normalized spacial score (nSPS) is 12.9.